The standard InChI is InChI=1S/C14H18FNO3/c1-8-5-6-9(10(15)7-8)12(17)16-11(13(18)19)14(2,3)4/h5-7,11H,1-4H3,(H,16,17)(H,18,19). The number of halogens is 1. The number of rotatable bonds is 3. The molecule has 0 aliphatic rings. The predicted octanol–water partition coefficient (Wildman–Crippen LogP) is 2.36. The molecule has 0 saturated carbocycles. The molecular weight excluding hydrogens is 249 g/mol. The Balaban J connectivity index is 2.98. The second-order valence-corrected chi connectivity index (χ2v) is 5.59. The first-order valence-corrected chi connectivity index (χ1v) is 5.92. The number of carbonyl (C=O) groups excluding carboxylic acids is 1. The highest BCUT2D eigenvalue weighted by atomic mass is 19.1. The van der Waals surface area contributed by atoms with Gasteiger partial charge in [0.1, 0.15) is 11.9 Å². The van der Waals surface area contributed by atoms with Gasteiger partial charge in [-0.1, -0.05) is 26.8 Å². The minimum absolute atomic E-state index is 0.152. The van der Waals surface area contributed by atoms with Gasteiger partial charge in [-0.15, -0.1) is 0 Å². The lowest BCUT2D eigenvalue weighted by atomic mass is 9.86. The number of aryl methyl sites for hydroxylation is 1. The molecule has 0 aliphatic heterocycles. The molecule has 104 valence electrons. The Labute approximate surface area is 111 Å². The van der Waals surface area contributed by atoms with Crippen molar-refractivity contribution in [2.45, 2.75) is 33.7 Å². The van der Waals surface area contributed by atoms with Crippen LogP contribution in [-0.4, -0.2) is 23.0 Å². The first kappa shape index (κ1) is 15.1. The van der Waals surface area contributed by atoms with E-state index in [0.29, 0.717) is 5.56 Å². The zero-order chi connectivity index (χ0) is 14.8. The molecule has 1 unspecified atom stereocenters. The summed E-state index contributed by atoms with van der Waals surface area (Å²) in [5.74, 6) is -2.52. The van der Waals surface area contributed by atoms with E-state index in [1.54, 1.807) is 33.8 Å². The Kier molecular flexibility index (Phi) is 4.29. The SMILES string of the molecule is Cc1ccc(C(=O)NC(C(=O)O)C(C)(C)C)c(F)c1. The second-order valence-electron chi connectivity index (χ2n) is 5.59. The van der Waals surface area contributed by atoms with E-state index in [2.05, 4.69) is 5.32 Å². The van der Waals surface area contributed by atoms with Gasteiger partial charge in [0.25, 0.3) is 5.91 Å². The molecule has 5 heteroatoms. The van der Waals surface area contributed by atoms with Crippen molar-refractivity contribution in [2.24, 2.45) is 5.41 Å². The molecule has 0 aliphatic carbocycles. The van der Waals surface area contributed by atoms with E-state index in [-0.39, 0.29) is 5.56 Å². The predicted molar refractivity (Wildman–Crippen MR) is 69.5 cm³/mol. The zero-order valence-electron chi connectivity index (χ0n) is 11.5. The lowest BCUT2D eigenvalue weighted by molar-refractivity contribution is -0.142. The van der Waals surface area contributed by atoms with E-state index >= 15 is 0 Å². The van der Waals surface area contributed by atoms with E-state index in [9.17, 15) is 14.0 Å². The van der Waals surface area contributed by atoms with Gasteiger partial charge in [0.2, 0.25) is 0 Å². The molecule has 0 radical (unpaired) electrons. The second kappa shape index (κ2) is 5.38. The van der Waals surface area contributed by atoms with E-state index in [4.69, 9.17) is 5.11 Å². The maximum Gasteiger partial charge on any atom is 0.326 e. The van der Waals surface area contributed by atoms with Crippen LogP contribution in [-0.2, 0) is 4.79 Å². The van der Waals surface area contributed by atoms with E-state index in [1.165, 1.54) is 12.1 Å². The molecule has 0 heterocycles. The highest BCUT2D eigenvalue weighted by Crippen LogP contribution is 2.20. The lowest BCUT2D eigenvalue weighted by Crippen LogP contribution is -2.49. The fraction of sp³-hybridized carbons (Fsp3) is 0.429. The van der Waals surface area contributed by atoms with Gasteiger partial charge in [0.05, 0.1) is 5.56 Å². The molecule has 1 aromatic carbocycles. The number of amides is 1. The van der Waals surface area contributed by atoms with Crippen molar-refractivity contribution >= 4 is 11.9 Å². The Morgan fingerprint density at radius 2 is 1.89 bits per heavy atom. The van der Waals surface area contributed by atoms with Crippen LogP contribution in [0.4, 0.5) is 4.39 Å². The normalized spacial score (nSPS) is 12.9. The summed E-state index contributed by atoms with van der Waals surface area (Å²) in [5.41, 5.74) is -0.122. The number of hydrogen-bond acceptors (Lipinski definition) is 2. The molecule has 0 fully saturated rings. The Hall–Kier alpha value is -1.91. The molecule has 0 saturated heterocycles. The van der Waals surface area contributed by atoms with Gasteiger partial charge < -0.3 is 10.4 Å². The molecule has 1 amide bonds. The number of carboxylic acid groups (broad SMARTS) is 1. The number of benzene rings is 1. The number of aliphatic carboxylic acids is 1. The highest BCUT2D eigenvalue weighted by Gasteiger charge is 2.33. The Morgan fingerprint density at radius 3 is 2.32 bits per heavy atom. The van der Waals surface area contributed by atoms with Crippen LogP contribution in [0.2, 0.25) is 0 Å². The summed E-state index contributed by atoms with van der Waals surface area (Å²) in [6.45, 7) is 6.78. The van der Waals surface area contributed by atoms with E-state index in [1.807, 2.05) is 0 Å². The van der Waals surface area contributed by atoms with Crippen LogP contribution < -0.4 is 5.32 Å². The van der Waals surface area contributed by atoms with Gasteiger partial charge in [0.15, 0.2) is 0 Å². The smallest absolute Gasteiger partial charge is 0.326 e. The first-order valence-electron chi connectivity index (χ1n) is 5.92. The van der Waals surface area contributed by atoms with E-state index in [0.717, 1.165) is 0 Å². The van der Waals surface area contributed by atoms with Crippen LogP contribution in [0.5, 0.6) is 0 Å². The van der Waals surface area contributed by atoms with Crippen molar-refractivity contribution in [2.75, 3.05) is 0 Å². The Morgan fingerprint density at radius 1 is 1.32 bits per heavy atom. The minimum atomic E-state index is -1.15. The summed E-state index contributed by atoms with van der Waals surface area (Å²) in [5, 5.41) is 11.5. The van der Waals surface area contributed by atoms with Crippen LogP contribution in [0.3, 0.4) is 0 Å². The van der Waals surface area contributed by atoms with Crippen LogP contribution in [0.15, 0.2) is 18.2 Å². The number of nitrogens with one attached hydrogen (secondary N) is 1. The molecule has 1 aromatic rings. The third-order valence-corrected chi connectivity index (χ3v) is 2.76. The highest BCUT2D eigenvalue weighted by molar-refractivity contribution is 5.97. The summed E-state index contributed by atoms with van der Waals surface area (Å²) in [6.07, 6.45) is 0. The average molecular weight is 267 g/mol. The fourth-order valence-corrected chi connectivity index (χ4v) is 1.66. The van der Waals surface area contributed by atoms with Crippen LogP contribution in [0, 0.1) is 18.2 Å². The van der Waals surface area contributed by atoms with Gasteiger partial charge in [-0.2, -0.15) is 0 Å². The molecule has 1 rings (SSSR count). The average Bonchev–Trinajstić information content (AvgIpc) is 2.23. The maximum atomic E-state index is 13.6. The molecule has 0 spiro atoms. The fourth-order valence-electron chi connectivity index (χ4n) is 1.66. The van der Waals surface area contributed by atoms with Crippen molar-refractivity contribution in [3.8, 4) is 0 Å². The zero-order valence-corrected chi connectivity index (χ0v) is 11.5. The molecule has 2 N–H and O–H groups in total. The summed E-state index contributed by atoms with van der Waals surface area (Å²) >= 11 is 0. The molecule has 0 aromatic heterocycles. The van der Waals surface area contributed by atoms with Gasteiger partial charge >= 0.3 is 5.97 Å². The molecular formula is C14H18FNO3. The minimum Gasteiger partial charge on any atom is -0.480 e. The maximum absolute atomic E-state index is 13.6. The number of hydrogen-bond donors (Lipinski definition) is 2. The summed E-state index contributed by atoms with van der Waals surface area (Å²) in [4.78, 5) is 23.1. The van der Waals surface area contributed by atoms with Crippen LogP contribution in [0.25, 0.3) is 0 Å². The van der Waals surface area contributed by atoms with Crippen molar-refractivity contribution in [1.82, 2.24) is 5.32 Å². The molecule has 19 heavy (non-hydrogen) atoms. The monoisotopic (exact) mass is 267 g/mol. The van der Waals surface area contributed by atoms with Gasteiger partial charge in [0, 0.05) is 0 Å². The quantitative estimate of drug-likeness (QED) is 0.883. The summed E-state index contributed by atoms with van der Waals surface area (Å²) in [7, 11) is 0. The van der Waals surface area contributed by atoms with Crippen molar-refractivity contribution in [3.63, 3.8) is 0 Å². The summed E-state index contributed by atoms with van der Waals surface area (Å²) < 4.78 is 13.6. The molecule has 1 atom stereocenters. The van der Waals surface area contributed by atoms with Crippen molar-refractivity contribution in [1.29, 1.82) is 0 Å². The molecule has 0 bridgehead atoms. The number of carboxylic acids is 1. The number of carbonyl (C=O) groups is 2. The summed E-state index contributed by atoms with van der Waals surface area (Å²) in [6, 6.07) is 3.11. The van der Waals surface area contributed by atoms with Crippen LogP contribution >= 0.6 is 0 Å². The van der Waals surface area contributed by atoms with Gasteiger partial charge in [-0.3, -0.25) is 4.79 Å². The van der Waals surface area contributed by atoms with Gasteiger partial charge in [-0.25, -0.2) is 9.18 Å². The topological polar surface area (TPSA) is 66.4 Å². The first-order chi connectivity index (χ1) is 8.62. The largest absolute Gasteiger partial charge is 0.480 e. The third kappa shape index (κ3) is 3.77. The molecule has 4 nitrogen and oxygen atoms in total. The van der Waals surface area contributed by atoms with Crippen molar-refractivity contribution < 1.29 is 19.1 Å². The van der Waals surface area contributed by atoms with Crippen molar-refractivity contribution in [3.05, 3.63) is 35.1 Å². The third-order valence-electron chi connectivity index (χ3n) is 2.76. The van der Waals surface area contributed by atoms with E-state index < -0.39 is 29.2 Å². The van der Waals surface area contributed by atoms with Crippen LogP contribution in [0.1, 0.15) is 36.7 Å². The van der Waals surface area contributed by atoms with Gasteiger partial charge in [-0.05, 0) is 30.0 Å². The Bertz CT molecular complexity index is 506. The lowest BCUT2D eigenvalue weighted by Gasteiger charge is -2.27.